The van der Waals surface area contributed by atoms with Crippen LogP contribution < -0.4 is 5.73 Å². The van der Waals surface area contributed by atoms with E-state index in [4.69, 9.17) is 19.9 Å². The first kappa shape index (κ1) is 15.3. The molecular weight excluding hydrogens is 284 g/mol. The standard InChI is InChI=1S/C16H22N2O4/c1-11-12(2)22-16(21-11)8-14(17)18(10-16)15(19)20-9-13-6-4-3-5-7-13/h3-7,11-12,14H,8-10,17H2,1-2H3. The van der Waals surface area contributed by atoms with Crippen LogP contribution >= 0.6 is 0 Å². The lowest BCUT2D eigenvalue weighted by atomic mass is 10.2. The molecule has 1 aromatic carbocycles. The summed E-state index contributed by atoms with van der Waals surface area (Å²) in [4.78, 5) is 13.7. The molecule has 2 aliphatic heterocycles. The smallest absolute Gasteiger partial charge is 0.411 e. The lowest BCUT2D eigenvalue weighted by Gasteiger charge is -2.23. The molecule has 6 heteroatoms. The van der Waals surface area contributed by atoms with Crippen LogP contribution in [0.1, 0.15) is 25.8 Å². The lowest BCUT2D eigenvalue weighted by Crippen LogP contribution is -2.42. The van der Waals surface area contributed by atoms with Crippen LogP contribution in [-0.2, 0) is 20.8 Å². The van der Waals surface area contributed by atoms with Crippen molar-refractivity contribution in [2.45, 2.75) is 51.0 Å². The first-order valence-corrected chi connectivity index (χ1v) is 7.58. The molecule has 0 aliphatic carbocycles. The Kier molecular flexibility index (Phi) is 4.08. The molecule has 2 aliphatic rings. The van der Waals surface area contributed by atoms with Gasteiger partial charge in [0.25, 0.3) is 0 Å². The summed E-state index contributed by atoms with van der Waals surface area (Å²) in [7, 11) is 0. The second-order valence-electron chi connectivity index (χ2n) is 6.00. The maximum atomic E-state index is 12.2. The third-order valence-corrected chi connectivity index (χ3v) is 4.23. The minimum Gasteiger partial charge on any atom is -0.445 e. The molecule has 1 spiro atoms. The van der Waals surface area contributed by atoms with Gasteiger partial charge in [0.1, 0.15) is 6.61 Å². The quantitative estimate of drug-likeness (QED) is 0.902. The highest BCUT2D eigenvalue weighted by atomic mass is 16.8. The lowest BCUT2D eigenvalue weighted by molar-refractivity contribution is -0.161. The molecular formula is C16H22N2O4. The molecule has 2 fully saturated rings. The topological polar surface area (TPSA) is 74.0 Å². The number of ether oxygens (including phenoxy) is 3. The van der Waals surface area contributed by atoms with Crippen molar-refractivity contribution in [3.05, 3.63) is 35.9 Å². The van der Waals surface area contributed by atoms with E-state index in [1.54, 1.807) is 0 Å². The Balaban J connectivity index is 1.59. The minimum atomic E-state index is -0.788. The van der Waals surface area contributed by atoms with Crippen LogP contribution in [-0.4, -0.2) is 41.7 Å². The predicted molar refractivity (Wildman–Crippen MR) is 79.8 cm³/mol. The van der Waals surface area contributed by atoms with Gasteiger partial charge in [0.2, 0.25) is 0 Å². The van der Waals surface area contributed by atoms with Gasteiger partial charge in [0, 0.05) is 6.42 Å². The first-order chi connectivity index (χ1) is 10.5. The van der Waals surface area contributed by atoms with Gasteiger partial charge in [-0.1, -0.05) is 30.3 Å². The SMILES string of the molecule is CC1OC2(CC(N)N(C(=O)OCc3ccccc3)C2)OC1C. The molecule has 3 unspecified atom stereocenters. The van der Waals surface area contributed by atoms with Gasteiger partial charge in [-0.2, -0.15) is 0 Å². The van der Waals surface area contributed by atoms with Gasteiger partial charge in [0.15, 0.2) is 5.79 Å². The first-order valence-electron chi connectivity index (χ1n) is 7.58. The van der Waals surface area contributed by atoms with Crippen LogP contribution in [0.25, 0.3) is 0 Å². The van der Waals surface area contributed by atoms with Gasteiger partial charge < -0.3 is 19.9 Å². The summed E-state index contributed by atoms with van der Waals surface area (Å²) in [6.07, 6.45) is -0.448. The molecule has 2 N–H and O–H groups in total. The maximum absolute atomic E-state index is 12.2. The van der Waals surface area contributed by atoms with Gasteiger partial charge in [-0.15, -0.1) is 0 Å². The van der Waals surface area contributed by atoms with Crippen molar-refractivity contribution in [3.8, 4) is 0 Å². The average molecular weight is 306 g/mol. The highest BCUT2D eigenvalue weighted by molar-refractivity contribution is 5.68. The number of nitrogens with two attached hydrogens (primary N) is 1. The second kappa shape index (κ2) is 5.87. The summed E-state index contributed by atoms with van der Waals surface area (Å²) in [5.74, 6) is -0.788. The molecule has 3 atom stereocenters. The van der Waals surface area contributed by atoms with Gasteiger partial charge >= 0.3 is 6.09 Å². The van der Waals surface area contributed by atoms with E-state index in [9.17, 15) is 4.79 Å². The van der Waals surface area contributed by atoms with Crippen molar-refractivity contribution in [3.63, 3.8) is 0 Å². The fraction of sp³-hybridized carbons (Fsp3) is 0.562. The zero-order valence-electron chi connectivity index (χ0n) is 12.9. The summed E-state index contributed by atoms with van der Waals surface area (Å²) in [5.41, 5.74) is 7.00. The van der Waals surface area contributed by atoms with Gasteiger partial charge in [-0.05, 0) is 19.4 Å². The maximum Gasteiger partial charge on any atom is 0.411 e. The van der Waals surface area contributed by atoms with Crippen LogP contribution in [0.2, 0.25) is 0 Å². The molecule has 0 radical (unpaired) electrons. The number of carbonyl (C=O) groups is 1. The van der Waals surface area contributed by atoms with Crippen LogP contribution in [0.5, 0.6) is 0 Å². The van der Waals surface area contributed by atoms with Crippen LogP contribution in [0, 0.1) is 0 Å². The van der Waals surface area contributed by atoms with E-state index < -0.39 is 18.0 Å². The van der Waals surface area contributed by atoms with Gasteiger partial charge in [-0.3, -0.25) is 4.90 Å². The van der Waals surface area contributed by atoms with Gasteiger partial charge in [-0.25, -0.2) is 4.79 Å². The zero-order chi connectivity index (χ0) is 15.7. The monoisotopic (exact) mass is 306 g/mol. The van der Waals surface area contributed by atoms with Gasteiger partial charge in [0.05, 0.1) is 24.9 Å². The second-order valence-corrected chi connectivity index (χ2v) is 6.00. The molecule has 1 amide bonds. The molecule has 0 bridgehead atoms. The number of hydrogen-bond donors (Lipinski definition) is 1. The molecule has 3 rings (SSSR count). The summed E-state index contributed by atoms with van der Waals surface area (Å²) < 4.78 is 17.1. The average Bonchev–Trinajstić information content (AvgIpc) is 2.96. The van der Waals surface area contributed by atoms with Crippen LogP contribution in [0.3, 0.4) is 0 Å². The van der Waals surface area contributed by atoms with E-state index in [0.29, 0.717) is 13.0 Å². The number of amides is 1. The summed E-state index contributed by atoms with van der Waals surface area (Å²) in [5, 5.41) is 0. The summed E-state index contributed by atoms with van der Waals surface area (Å²) in [6.45, 7) is 4.45. The Morgan fingerprint density at radius 2 is 1.95 bits per heavy atom. The molecule has 22 heavy (non-hydrogen) atoms. The highest BCUT2D eigenvalue weighted by Crippen LogP contribution is 2.38. The normalized spacial score (nSPS) is 34.3. The Labute approximate surface area is 130 Å². The van der Waals surface area contributed by atoms with Crippen molar-refractivity contribution in [2.75, 3.05) is 6.54 Å². The fourth-order valence-electron chi connectivity index (χ4n) is 2.94. The van der Waals surface area contributed by atoms with Crippen molar-refractivity contribution in [1.82, 2.24) is 4.90 Å². The summed E-state index contributed by atoms with van der Waals surface area (Å²) >= 11 is 0. The van der Waals surface area contributed by atoms with Crippen LogP contribution in [0.15, 0.2) is 30.3 Å². The Morgan fingerprint density at radius 3 is 2.59 bits per heavy atom. The van der Waals surface area contributed by atoms with E-state index >= 15 is 0 Å². The molecule has 2 heterocycles. The summed E-state index contributed by atoms with van der Waals surface area (Å²) in [6, 6.07) is 9.55. The highest BCUT2D eigenvalue weighted by Gasteiger charge is 2.53. The number of carbonyl (C=O) groups excluding carboxylic acids is 1. The van der Waals surface area contributed by atoms with Crippen molar-refractivity contribution < 1.29 is 19.0 Å². The third-order valence-electron chi connectivity index (χ3n) is 4.23. The largest absolute Gasteiger partial charge is 0.445 e. The molecule has 0 aromatic heterocycles. The number of hydrogen-bond acceptors (Lipinski definition) is 5. The van der Waals surface area contributed by atoms with Crippen molar-refractivity contribution in [2.24, 2.45) is 5.73 Å². The number of benzene rings is 1. The van der Waals surface area contributed by atoms with E-state index in [0.717, 1.165) is 5.56 Å². The Morgan fingerprint density at radius 1 is 1.32 bits per heavy atom. The zero-order valence-corrected chi connectivity index (χ0v) is 12.9. The van der Waals surface area contributed by atoms with Crippen molar-refractivity contribution >= 4 is 6.09 Å². The Hall–Kier alpha value is -1.63. The van der Waals surface area contributed by atoms with E-state index in [1.807, 2.05) is 44.2 Å². The Bertz CT molecular complexity index is 526. The van der Waals surface area contributed by atoms with E-state index in [1.165, 1.54) is 4.90 Å². The predicted octanol–water partition coefficient (Wildman–Crippen LogP) is 1.83. The van der Waals surface area contributed by atoms with Crippen LogP contribution in [0.4, 0.5) is 4.79 Å². The third kappa shape index (κ3) is 2.95. The number of likely N-dealkylation sites (tertiary alicyclic amines) is 1. The molecule has 1 aromatic rings. The molecule has 2 saturated heterocycles. The molecule has 120 valence electrons. The number of nitrogens with zero attached hydrogens (tertiary/aromatic N) is 1. The number of rotatable bonds is 2. The fourth-order valence-corrected chi connectivity index (χ4v) is 2.94. The minimum absolute atomic E-state index is 0.00695. The van der Waals surface area contributed by atoms with E-state index in [2.05, 4.69) is 0 Å². The van der Waals surface area contributed by atoms with E-state index in [-0.39, 0.29) is 18.8 Å². The van der Waals surface area contributed by atoms with Crippen molar-refractivity contribution in [1.29, 1.82) is 0 Å². The molecule has 0 saturated carbocycles. The molecule has 6 nitrogen and oxygen atoms in total.